The Bertz CT molecular complexity index is 1490. The minimum atomic E-state index is -0.484. The van der Waals surface area contributed by atoms with E-state index in [0.29, 0.717) is 30.0 Å². The van der Waals surface area contributed by atoms with Gasteiger partial charge in [0.1, 0.15) is 12.7 Å². The van der Waals surface area contributed by atoms with Crippen LogP contribution in [-0.4, -0.2) is 62.9 Å². The van der Waals surface area contributed by atoms with E-state index in [4.69, 9.17) is 14.2 Å². The van der Waals surface area contributed by atoms with Crippen molar-refractivity contribution in [2.24, 2.45) is 68.5 Å². The molecule has 0 spiro atoms. The van der Waals surface area contributed by atoms with Gasteiger partial charge in [-0.1, -0.05) is 98.0 Å². The van der Waals surface area contributed by atoms with Gasteiger partial charge in [-0.25, -0.2) is 0 Å². The van der Waals surface area contributed by atoms with E-state index in [1.165, 1.54) is 64.2 Å². The SMILES string of the molecule is CC(C)CCCC(C)C1CCC2C3CC=C4CC(OCCCCCC(OC(=O)CCCN(C)C)C56CC(C=CCOC(=O)C(C)(C)C(C)C)(C5)C6)CCC4(C)C3CCC12C. The van der Waals surface area contributed by atoms with Crippen molar-refractivity contribution in [2.45, 2.75) is 203 Å². The summed E-state index contributed by atoms with van der Waals surface area (Å²) in [6, 6.07) is 0. The highest BCUT2D eigenvalue weighted by Crippen LogP contribution is 2.76. The number of fused-ring (bicyclic) bond motifs is 5. The van der Waals surface area contributed by atoms with Crippen molar-refractivity contribution >= 4 is 11.9 Å². The fourth-order valence-electron chi connectivity index (χ4n) is 14.2. The van der Waals surface area contributed by atoms with Crippen molar-refractivity contribution in [3.05, 3.63) is 23.8 Å². The highest BCUT2D eigenvalue weighted by atomic mass is 16.5. The number of ether oxygens (including phenoxy) is 3. The molecule has 9 atom stereocenters. The van der Waals surface area contributed by atoms with Crippen LogP contribution in [0.4, 0.5) is 0 Å². The van der Waals surface area contributed by atoms with Crippen LogP contribution in [0.2, 0.25) is 0 Å². The molecule has 60 heavy (non-hydrogen) atoms. The van der Waals surface area contributed by atoms with E-state index in [2.05, 4.69) is 79.6 Å². The Labute approximate surface area is 368 Å². The standard InChI is InChI=1S/C54H91NO5/c1-38(2)18-15-19-40(5)44-24-25-45-43-23-22-41-34-42(26-29-51(41,8)46(43)27-30-52(44,45)9)58-32-14-12-13-20-47(60-48(56)21-16-31-55(10)11)54-35-53(36-54,37-54)28-17-33-59-49(57)50(6,7)39(3)4/h17,22,28,38-40,42-47H,12-16,18-21,23-27,29-37H2,1-11H3. The first-order valence-electron chi connectivity index (χ1n) is 25.3. The maximum Gasteiger partial charge on any atom is 0.312 e. The van der Waals surface area contributed by atoms with E-state index in [-0.39, 0.29) is 34.8 Å². The molecule has 9 unspecified atom stereocenters. The summed E-state index contributed by atoms with van der Waals surface area (Å²) in [6.07, 6.45) is 31.1. The number of esters is 2. The summed E-state index contributed by atoms with van der Waals surface area (Å²) in [6.45, 7) is 22.8. The Morgan fingerprint density at radius 1 is 0.883 bits per heavy atom. The van der Waals surface area contributed by atoms with Crippen LogP contribution >= 0.6 is 0 Å². The largest absolute Gasteiger partial charge is 0.462 e. The van der Waals surface area contributed by atoms with E-state index >= 15 is 0 Å². The lowest BCUT2D eigenvalue weighted by Crippen LogP contribution is -2.66. The van der Waals surface area contributed by atoms with Crippen molar-refractivity contribution in [2.75, 3.05) is 33.9 Å². The maximum atomic E-state index is 13.1. The molecular weight excluding hydrogens is 743 g/mol. The van der Waals surface area contributed by atoms with Crippen LogP contribution in [0.15, 0.2) is 23.8 Å². The molecule has 342 valence electrons. The first-order chi connectivity index (χ1) is 28.3. The molecule has 0 N–H and O–H groups in total. The third kappa shape index (κ3) is 10.3. The molecule has 7 rings (SSSR count). The average molecular weight is 834 g/mol. The highest BCUT2D eigenvalue weighted by molar-refractivity contribution is 5.76. The molecule has 6 heteroatoms. The zero-order valence-corrected chi connectivity index (χ0v) is 40.7. The number of rotatable bonds is 23. The number of hydrogen-bond acceptors (Lipinski definition) is 6. The molecule has 6 saturated carbocycles. The van der Waals surface area contributed by atoms with Crippen LogP contribution in [0.3, 0.4) is 0 Å². The summed E-state index contributed by atoms with van der Waals surface area (Å²) in [5.74, 6) is 5.34. The Hall–Kier alpha value is -1.66. The third-order valence-electron chi connectivity index (χ3n) is 18.5. The molecule has 2 bridgehead atoms. The monoisotopic (exact) mass is 834 g/mol. The lowest BCUT2D eigenvalue weighted by Gasteiger charge is -2.72. The molecule has 0 aliphatic heterocycles. The quantitative estimate of drug-likeness (QED) is 0.0580. The fourth-order valence-corrected chi connectivity index (χ4v) is 14.2. The Morgan fingerprint density at radius 3 is 2.33 bits per heavy atom. The zero-order valence-electron chi connectivity index (χ0n) is 40.7. The van der Waals surface area contributed by atoms with Gasteiger partial charge in [-0.3, -0.25) is 9.59 Å². The minimum absolute atomic E-state index is 0.00538. The van der Waals surface area contributed by atoms with Crippen LogP contribution < -0.4 is 0 Å². The fraction of sp³-hybridized carbons (Fsp3) is 0.889. The minimum Gasteiger partial charge on any atom is -0.462 e. The molecule has 0 amide bonds. The maximum absolute atomic E-state index is 13.1. The molecule has 6 fully saturated rings. The van der Waals surface area contributed by atoms with E-state index in [1.54, 1.807) is 5.57 Å². The van der Waals surface area contributed by atoms with E-state index in [1.807, 2.05) is 19.9 Å². The predicted molar refractivity (Wildman–Crippen MR) is 246 cm³/mol. The first-order valence-corrected chi connectivity index (χ1v) is 25.3. The van der Waals surface area contributed by atoms with Crippen LogP contribution in [0, 0.1) is 68.5 Å². The van der Waals surface area contributed by atoms with Gasteiger partial charge >= 0.3 is 11.9 Å². The molecule has 0 saturated heterocycles. The van der Waals surface area contributed by atoms with Crippen LogP contribution in [-0.2, 0) is 23.8 Å². The summed E-state index contributed by atoms with van der Waals surface area (Å²) in [7, 11) is 4.11. The average Bonchev–Trinajstić information content (AvgIpc) is 3.51. The van der Waals surface area contributed by atoms with Crippen LogP contribution in [0.5, 0.6) is 0 Å². The highest BCUT2D eigenvalue weighted by Gasteiger charge is 2.70. The van der Waals surface area contributed by atoms with Gasteiger partial charge in [-0.2, -0.15) is 0 Å². The second kappa shape index (κ2) is 19.6. The van der Waals surface area contributed by atoms with Crippen molar-refractivity contribution < 1.29 is 23.8 Å². The van der Waals surface area contributed by atoms with Crippen molar-refractivity contribution in [3.63, 3.8) is 0 Å². The second-order valence-corrected chi connectivity index (χ2v) is 23.9. The molecule has 0 aromatic heterocycles. The summed E-state index contributed by atoms with van der Waals surface area (Å²) >= 11 is 0. The predicted octanol–water partition coefficient (Wildman–Crippen LogP) is 13.2. The molecule has 6 nitrogen and oxygen atoms in total. The lowest BCUT2D eigenvalue weighted by molar-refractivity contribution is -0.240. The van der Waals surface area contributed by atoms with Crippen LogP contribution in [0.1, 0.15) is 191 Å². The molecule has 0 aromatic carbocycles. The normalized spacial score (nSPS) is 35.6. The van der Waals surface area contributed by atoms with Gasteiger partial charge < -0.3 is 19.1 Å². The molecular formula is C54H91NO5. The molecule has 7 aliphatic carbocycles. The zero-order chi connectivity index (χ0) is 43.5. The van der Waals surface area contributed by atoms with E-state index < -0.39 is 5.41 Å². The lowest BCUT2D eigenvalue weighted by atomic mass is 9.33. The summed E-state index contributed by atoms with van der Waals surface area (Å²) in [5, 5.41) is 0. The van der Waals surface area contributed by atoms with Gasteiger partial charge in [-0.15, -0.1) is 0 Å². The number of allylic oxidation sites excluding steroid dienone is 2. The number of carbonyl (C=O) groups is 2. The first kappa shape index (κ1) is 47.8. The van der Waals surface area contributed by atoms with Crippen molar-refractivity contribution in [3.8, 4) is 0 Å². The number of nitrogens with zero attached hydrogens (tertiary/aromatic N) is 1. The summed E-state index contributed by atoms with van der Waals surface area (Å²) in [5.41, 5.74) is 2.46. The molecule has 0 aromatic rings. The summed E-state index contributed by atoms with van der Waals surface area (Å²) in [4.78, 5) is 27.8. The van der Waals surface area contributed by atoms with Gasteiger partial charge in [0.05, 0.1) is 11.5 Å². The van der Waals surface area contributed by atoms with Gasteiger partial charge in [-0.05, 0) is 188 Å². The number of hydrogen-bond donors (Lipinski definition) is 0. The Balaban J connectivity index is 0.935. The molecule has 7 aliphatic rings. The van der Waals surface area contributed by atoms with Crippen molar-refractivity contribution in [1.82, 2.24) is 4.90 Å². The van der Waals surface area contributed by atoms with Crippen molar-refractivity contribution in [1.29, 1.82) is 0 Å². The van der Waals surface area contributed by atoms with Gasteiger partial charge in [0.25, 0.3) is 0 Å². The second-order valence-electron chi connectivity index (χ2n) is 23.9. The third-order valence-corrected chi connectivity index (χ3v) is 18.5. The number of unbranched alkanes of at least 4 members (excludes halogenated alkanes) is 2. The Kier molecular flexibility index (Phi) is 15.6. The Morgan fingerprint density at radius 2 is 1.63 bits per heavy atom. The van der Waals surface area contributed by atoms with Crippen LogP contribution in [0.25, 0.3) is 0 Å². The topological polar surface area (TPSA) is 65.1 Å². The number of carbonyl (C=O) groups excluding carboxylic acids is 2. The van der Waals surface area contributed by atoms with E-state index in [0.717, 1.165) is 106 Å². The van der Waals surface area contributed by atoms with E-state index in [9.17, 15) is 9.59 Å². The smallest absolute Gasteiger partial charge is 0.312 e. The molecule has 0 heterocycles. The van der Waals surface area contributed by atoms with Gasteiger partial charge in [0.15, 0.2) is 0 Å². The molecule has 0 radical (unpaired) electrons. The summed E-state index contributed by atoms with van der Waals surface area (Å²) < 4.78 is 18.6. The van der Waals surface area contributed by atoms with Gasteiger partial charge in [0, 0.05) is 18.4 Å². The van der Waals surface area contributed by atoms with Gasteiger partial charge in [0.2, 0.25) is 0 Å².